The van der Waals surface area contributed by atoms with Crippen molar-refractivity contribution in [3.63, 3.8) is 0 Å². The summed E-state index contributed by atoms with van der Waals surface area (Å²) in [6.07, 6.45) is 1.77. The van der Waals surface area contributed by atoms with Gasteiger partial charge in [-0.15, -0.1) is 0 Å². The molecule has 3 nitrogen and oxygen atoms in total. The van der Waals surface area contributed by atoms with Crippen molar-refractivity contribution < 1.29 is 4.74 Å². The second-order valence-electron chi connectivity index (χ2n) is 4.05. The van der Waals surface area contributed by atoms with Crippen LogP contribution in [0, 0.1) is 6.92 Å². The zero-order valence-electron chi connectivity index (χ0n) is 12.2. The van der Waals surface area contributed by atoms with Gasteiger partial charge in [-0.25, -0.2) is 0 Å². The zero-order chi connectivity index (χ0) is 14.4. The molecule has 0 saturated heterocycles. The van der Waals surface area contributed by atoms with E-state index in [2.05, 4.69) is 0 Å². The quantitative estimate of drug-likeness (QED) is 0.827. The lowest BCUT2D eigenvalue weighted by Gasteiger charge is -2.08. The maximum absolute atomic E-state index is 11.6. The van der Waals surface area contributed by atoms with Crippen LogP contribution < -0.4 is 10.3 Å². The van der Waals surface area contributed by atoms with Crippen LogP contribution in [-0.2, 0) is 7.05 Å². The molecular weight excluding hydrogens is 238 g/mol. The molecule has 0 aliphatic carbocycles. The first-order valence-corrected chi connectivity index (χ1v) is 6.43. The van der Waals surface area contributed by atoms with Crippen LogP contribution in [0.1, 0.15) is 19.4 Å². The van der Waals surface area contributed by atoms with E-state index >= 15 is 0 Å². The number of hydrogen-bond acceptors (Lipinski definition) is 2. The summed E-state index contributed by atoms with van der Waals surface area (Å²) in [5, 5.41) is 0. The fraction of sp³-hybridized carbons (Fsp3) is 0.312. The maximum Gasteiger partial charge on any atom is 0.250 e. The average molecular weight is 259 g/mol. The molecule has 0 bridgehead atoms. The highest BCUT2D eigenvalue weighted by Crippen LogP contribution is 2.25. The van der Waals surface area contributed by atoms with Gasteiger partial charge in [-0.1, -0.05) is 26.0 Å². The van der Waals surface area contributed by atoms with Crippen LogP contribution in [0.25, 0.3) is 11.1 Å². The molecule has 1 aromatic carbocycles. The molecule has 0 aliphatic heterocycles. The predicted molar refractivity (Wildman–Crippen MR) is 79.8 cm³/mol. The molecule has 0 atom stereocenters. The fourth-order valence-corrected chi connectivity index (χ4v) is 1.73. The van der Waals surface area contributed by atoms with E-state index in [9.17, 15) is 4.79 Å². The van der Waals surface area contributed by atoms with Crippen molar-refractivity contribution in [3.05, 3.63) is 52.4 Å². The van der Waals surface area contributed by atoms with Gasteiger partial charge in [0, 0.05) is 19.3 Å². The van der Waals surface area contributed by atoms with Crippen LogP contribution in [0.2, 0.25) is 0 Å². The molecular formula is C16H21NO2. The van der Waals surface area contributed by atoms with Crippen molar-refractivity contribution >= 4 is 0 Å². The van der Waals surface area contributed by atoms with Crippen LogP contribution >= 0.6 is 0 Å². The van der Waals surface area contributed by atoms with Gasteiger partial charge in [-0.3, -0.25) is 4.79 Å². The molecule has 3 heteroatoms. The number of benzene rings is 1. The minimum atomic E-state index is -0.0120. The van der Waals surface area contributed by atoms with Crippen LogP contribution in [0.15, 0.2) is 41.3 Å². The molecule has 2 rings (SSSR count). The number of aryl methyl sites for hydroxylation is 2. The summed E-state index contributed by atoms with van der Waals surface area (Å²) in [5.41, 5.74) is 2.97. The second-order valence-corrected chi connectivity index (χ2v) is 4.05. The topological polar surface area (TPSA) is 31.2 Å². The van der Waals surface area contributed by atoms with E-state index in [1.54, 1.807) is 31.0 Å². The normalized spacial score (nSPS) is 9.53. The first-order chi connectivity index (χ1) is 9.11. The minimum absolute atomic E-state index is 0.0120. The fourth-order valence-electron chi connectivity index (χ4n) is 1.73. The Morgan fingerprint density at radius 2 is 1.68 bits per heavy atom. The van der Waals surface area contributed by atoms with Crippen molar-refractivity contribution in [2.75, 3.05) is 7.11 Å². The maximum atomic E-state index is 11.6. The molecule has 0 amide bonds. The Hall–Kier alpha value is -2.03. The average Bonchev–Trinajstić information content (AvgIpc) is 2.45. The lowest BCUT2D eigenvalue weighted by Crippen LogP contribution is -2.14. The highest BCUT2D eigenvalue weighted by Gasteiger charge is 2.03. The summed E-state index contributed by atoms with van der Waals surface area (Å²) in [6.45, 7) is 5.99. The van der Waals surface area contributed by atoms with Gasteiger partial charge in [-0.05, 0) is 35.7 Å². The molecule has 1 heterocycles. The molecule has 19 heavy (non-hydrogen) atoms. The Morgan fingerprint density at radius 1 is 1.05 bits per heavy atom. The van der Waals surface area contributed by atoms with Crippen molar-refractivity contribution in [1.29, 1.82) is 0 Å². The largest absolute Gasteiger partial charge is 0.496 e. The third kappa shape index (κ3) is 3.47. The molecule has 0 aliphatic rings. The summed E-state index contributed by atoms with van der Waals surface area (Å²) < 4.78 is 6.83. The molecule has 0 radical (unpaired) electrons. The summed E-state index contributed by atoms with van der Waals surface area (Å²) in [7, 11) is 3.39. The SMILES string of the molecule is CC.COc1cc(-c2ccn(C)c(=O)c2)ccc1C. The van der Waals surface area contributed by atoms with Crippen molar-refractivity contribution in [3.8, 4) is 16.9 Å². The van der Waals surface area contributed by atoms with Crippen LogP contribution in [-0.4, -0.2) is 11.7 Å². The molecule has 102 valence electrons. The van der Waals surface area contributed by atoms with Gasteiger partial charge in [0.25, 0.3) is 5.56 Å². The molecule has 0 fully saturated rings. The number of nitrogens with zero attached hydrogens (tertiary/aromatic N) is 1. The Bertz CT molecular complexity index is 600. The van der Waals surface area contributed by atoms with Crippen LogP contribution in [0.3, 0.4) is 0 Å². The van der Waals surface area contributed by atoms with Gasteiger partial charge in [0.2, 0.25) is 0 Å². The smallest absolute Gasteiger partial charge is 0.250 e. The third-order valence-corrected chi connectivity index (χ3v) is 2.85. The minimum Gasteiger partial charge on any atom is -0.496 e. The highest BCUT2D eigenvalue weighted by molar-refractivity contribution is 5.65. The van der Waals surface area contributed by atoms with Crippen LogP contribution in [0.4, 0.5) is 0 Å². The first kappa shape index (κ1) is 15.0. The van der Waals surface area contributed by atoms with Gasteiger partial charge in [0.1, 0.15) is 5.75 Å². The van der Waals surface area contributed by atoms with Gasteiger partial charge < -0.3 is 9.30 Å². The van der Waals surface area contributed by atoms with E-state index in [0.717, 1.165) is 22.4 Å². The molecule has 0 N–H and O–H groups in total. The lowest BCUT2D eigenvalue weighted by atomic mass is 10.0. The predicted octanol–water partition coefficient (Wildman–Crippen LogP) is 3.40. The highest BCUT2D eigenvalue weighted by atomic mass is 16.5. The van der Waals surface area contributed by atoms with E-state index in [1.807, 2.05) is 45.0 Å². The van der Waals surface area contributed by atoms with E-state index in [0.29, 0.717) is 0 Å². The van der Waals surface area contributed by atoms with Crippen LogP contribution in [0.5, 0.6) is 5.75 Å². The number of pyridine rings is 1. The van der Waals surface area contributed by atoms with Crippen molar-refractivity contribution in [2.45, 2.75) is 20.8 Å². The first-order valence-electron chi connectivity index (χ1n) is 6.43. The Morgan fingerprint density at radius 3 is 2.26 bits per heavy atom. The number of methoxy groups -OCH3 is 1. The lowest BCUT2D eigenvalue weighted by molar-refractivity contribution is 0.412. The molecule has 0 spiro atoms. The van der Waals surface area contributed by atoms with E-state index in [1.165, 1.54) is 0 Å². The molecule has 0 unspecified atom stereocenters. The number of aromatic nitrogens is 1. The summed E-state index contributed by atoms with van der Waals surface area (Å²) in [6, 6.07) is 9.48. The summed E-state index contributed by atoms with van der Waals surface area (Å²) in [4.78, 5) is 11.6. The number of rotatable bonds is 2. The Balaban J connectivity index is 0.000000861. The Labute approximate surface area is 114 Å². The monoisotopic (exact) mass is 259 g/mol. The third-order valence-electron chi connectivity index (χ3n) is 2.85. The number of ether oxygens (including phenoxy) is 1. The van der Waals surface area contributed by atoms with E-state index in [-0.39, 0.29) is 5.56 Å². The number of hydrogen-bond donors (Lipinski definition) is 0. The standard InChI is InChI=1S/C14H15NO2.C2H6/c1-10-4-5-11(8-13(10)17-3)12-6-7-15(2)14(16)9-12;1-2/h4-9H,1-3H3;1-2H3. The molecule has 2 aromatic rings. The summed E-state index contributed by atoms with van der Waals surface area (Å²) >= 11 is 0. The molecule has 0 saturated carbocycles. The van der Waals surface area contributed by atoms with E-state index < -0.39 is 0 Å². The summed E-state index contributed by atoms with van der Waals surface area (Å²) in [5.74, 6) is 0.836. The van der Waals surface area contributed by atoms with E-state index in [4.69, 9.17) is 4.74 Å². The van der Waals surface area contributed by atoms with Gasteiger partial charge >= 0.3 is 0 Å². The van der Waals surface area contributed by atoms with Gasteiger partial charge in [0.05, 0.1) is 7.11 Å². The van der Waals surface area contributed by atoms with Gasteiger partial charge in [0.15, 0.2) is 0 Å². The molecule has 1 aromatic heterocycles. The van der Waals surface area contributed by atoms with Gasteiger partial charge in [-0.2, -0.15) is 0 Å². The van der Waals surface area contributed by atoms with Crippen molar-refractivity contribution in [2.24, 2.45) is 7.05 Å². The van der Waals surface area contributed by atoms with Crippen molar-refractivity contribution in [1.82, 2.24) is 4.57 Å². The Kier molecular flexibility index (Phi) is 5.37. The second kappa shape index (κ2) is 6.78. The zero-order valence-corrected chi connectivity index (χ0v) is 12.2.